The average molecular weight is 383 g/mol. The molecule has 3 aliphatic rings. The maximum atomic E-state index is 13.2. The number of hydrogen-bond acceptors (Lipinski definition) is 3. The Labute approximate surface area is 168 Å². The molecule has 3 aliphatic heterocycles. The number of nitrogens with zero attached hydrogens (tertiary/aromatic N) is 3. The zero-order valence-electron chi connectivity index (χ0n) is 17.4. The minimum Gasteiger partial charge on any atom is -0.497 e. The lowest BCUT2D eigenvalue weighted by molar-refractivity contribution is -0.933. The summed E-state index contributed by atoms with van der Waals surface area (Å²) in [5.41, 5.74) is 4.50. The maximum Gasteiger partial charge on any atom is 0.218 e. The number of carbonyl (C=O) groups is 1. The van der Waals surface area contributed by atoms with Crippen LogP contribution in [0.2, 0.25) is 0 Å². The molecule has 4 heterocycles. The van der Waals surface area contributed by atoms with E-state index in [1.54, 1.807) is 7.11 Å². The number of methoxy groups -OCH3 is 1. The first-order chi connectivity index (χ1) is 13.5. The number of Topliss-reactive ketones (excluding diaryl/α,β-unsaturated/α-hetero) is 1. The molecule has 0 saturated carbocycles. The standard InChI is InChI=1S/C23H32N3O2/c1-18-16-22(23(27)17-26-13-10-24(11-14-26)12-15-26)19(2)25(18)9-8-20-4-6-21(28-3)7-5-20/h4-7,16H,8-15,17H2,1-3H3/q+1. The zero-order chi connectivity index (χ0) is 19.7. The van der Waals surface area contributed by atoms with E-state index in [0.717, 1.165) is 73.7 Å². The molecule has 0 atom stereocenters. The Morgan fingerprint density at radius 3 is 2.32 bits per heavy atom. The SMILES string of the molecule is COc1ccc(CCn2c(C)cc(C(=O)C[N+]34CCN(CC3)CC4)c2C)cc1. The van der Waals surface area contributed by atoms with Crippen LogP contribution in [0.3, 0.4) is 0 Å². The quantitative estimate of drug-likeness (QED) is 0.545. The smallest absolute Gasteiger partial charge is 0.218 e. The Kier molecular flexibility index (Phi) is 5.30. The normalized spacial score (nSPS) is 23.8. The monoisotopic (exact) mass is 382 g/mol. The number of benzene rings is 1. The van der Waals surface area contributed by atoms with Gasteiger partial charge in [0.15, 0.2) is 0 Å². The minimum absolute atomic E-state index is 0.319. The second kappa shape index (κ2) is 7.72. The van der Waals surface area contributed by atoms with E-state index in [4.69, 9.17) is 4.74 Å². The molecule has 2 bridgehead atoms. The van der Waals surface area contributed by atoms with E-state index in [1.165, 1.54) is 11.3 Å². The van der Waals surface area contributed by atoms with E-state index in [9.17, 15) is 4.79 Å². The van der Waals surface area contributed by atoms with Crippen molar-refractivity contribution < 1.29 is 14.0 Å². The van der Waals surface area contributed by atoms with Crippen LogP contribution < -0.4 is 4.74 Å². The Bertz CT molecular complexity index is 832. The largest absolute Gasteiger partial charge is 0.497 e. The summed E-state index contributed by atoms with van der Waals surface area (Å²) < 4.78 is 8.52. The van der Waals surface area contributed by atoms with Gasteiger partial charge in [0.05, 0.1) is 26.7 Å². The zero-order valence-corrected chi connectivity index (χ0v) is 17.4. The Morgan fingerprint density at radius 1 is 1.07 bits per heavy atom. The molecule has 0 unspecified atom stereocenters. The minimum atomic E-state index is 0.319. The van der Waals surface area contributed by atoms with E-state index in [0.29, 0.717) is 12.3 Å². The lowest BCUT2D eigenvalue weighted by Crippen LogP contribution is -2.68. The van der Waals surface area contributed by atoms with Crippen LogP contribution in [0.4, 0.5) is 0 Å². The summed E-state index contributed by atoms with van der Waals surface area (Å²) >= 11 is 0. The van der Waals surface area contributed by atoms with Crippen LogP contribution in [0.5, 0.6) is 5.75 Å². The fourth-order valence-electron chi connectivity index (χ4n) is 4.82. The van der Waals surface area contributed by atoms with Crippen LogP contribution >= 0.6 is 0 Å². The van der Waals surface area contributed by atoms with Crippen LogP contribution in [0.15, 0.2) is 30.3 Å². The van der Waals surface area contributed by atoms with Gasteiger partial charge in [0.25, 0.3) is 0 Å². The van der Waals surface area contributed by atoms with Crippen molar-refractivity contribution in [3.05, 3.63) is 52.8 Å². The van der Waals surface area contributed by atoms with Gasteiger partial charge in [-0.2, -0.15) is 0 Å². The van der Waals surface area contributed by atoms with Crippen molar-refractivity contribution in [1.82, 2.24) is 9.47 Å². The van der Waals surface area contributed by atoms with Gasteiger partial charge in [0, 0.05) is 43.1 Å². The first-order valence-corrected chi connectivity index (χ1v) is 10.4. The fraction of sp³-hybridized carbons (Fsp3) is 0.522. The van der Waals surface area contributed by atoms with Crippen molar-refractivity contribution in [2.45, 2.75) is 26.8 Å². The molecule has 3 saturated heterocycles. The molecule has 2 aromatic rings. The van der Waals surface area contributed by atoms with Gasteiger partial charge >= 0.3 is 0 Å². The van der Waals surface area contributed by atoms with Gasteiger partial charge in [-0.05, 0) is 44.0 Å². The summed E-state index contributed by atoms with van der Waals surface area (Å²) in [5.74, 6) is 1.20. The van der Waals surface area contributed by atoms with Crippen molar-refractivity contribution in [1.29, 1.82) is 0 Å². The van der Waals surface area contributed by atoms with Gasteiger partial charge in [-0.1, -0.05) is 12.1 Å². The third kappa shape index (κ3) is 3.74. The van der Waals surface area contributed by atoms with Crippen molar-refractivity contribution >= 4 is 5.78 Å². The van der Waals surface area contributed by atoms with Gasteiger partial charge in [-0.3, -0.25) is 9.69 Å². The van der Waals surface area contributed by atoms with Gasteiger partial charge < -0.3 is 13.8 Å². The van der Waals surface area contributed by atoms with Crippen LogP contribution in [-0.4, -0.2) is 72.7 Å². The number of ether oxygens (including phenoxy) is 1. The predicted octanol–water partition coefficient (Wildman–Crippen LogP) is 2.68. The molecule has 0 radical (unpaired) electrons. The molecule has 1 aromatic heterocycles. The lowest BCUT2D eigenvalue weighted by atomic mass is 10.1. The van der Waals surface area contributed by atoms with Crippen molar-refractivity contribution in [3.63, 3.8) is 0 Å². The molecule has 1 aromatic carbocycles. The van der Waals surface area contributed by atoms with Crippen molar-refractivity contribution in [3.8, 4) is 5.75 Å². The van der Waals surface area contributed by atoms with Crippen molar-refractivity contribution in [2.24, 2.45) is 0 Å². The summed E-state index contributed by atoms with van der Waals surface area (Å²) in [4.78, 5) is 15.7. The van der Waals surface area contributed by atoms with Gasteiger partial charge in [-0.25, -0.2) is 0 Å². The molecule has 5 nitrogen and oxygen atoms in total. The number of quaternary nitrogens is 1. The first kappa shape index (κ1) is 19.2. The molecule has 0 N–H and O–H groups in total. The molecule has 28 heavy (non-hydrogen) atoms. The highest BCUT2D eigenvalue weighted by molar-refractivity contribution is 5.98. The summed E-state index contributed by atoms with van der Waals surface area (Å²) in [6.07, 6.45) is 0.948. The maximum absolute atomic E-state index is 13.2. The first-order valence-electron chi connectivity index (χ1n) is 10.4. The Hall–Kier alpha value is -2.11. The molecule has 150 valence electrons. The number of piperazine rings is 3. The second-order valence-electron chi connectivity index (χ2n) is 8.47. The topological polar surface area (TPSA) is 34.5 Å². The second-order valence-corrected chi connectivity index (χ2v) is 8.47. The summed E-state index contributed by atoms with van der Waals surface area (Å²) in [5, 5.41) is 0. The van der Waals surface area contributed by atoms with E-state index >= 15 is 0 Å². The summed E-state index contributed by atoms with van der Waals surface area (Å²) in [6.45, 7) is 12.6. The Morgan fingerprint density at radius 2 is 1.71 bits per heavy atom. The molecule has 5 heteroatoms. The van der Waals surface area contributed by atoms with Crippen LogP contribution in [0.1, 0.15) is 27.3 Å². The van der Waals surface area contributed by atoms with Crippen LogP contribution in [0.25, 0.3) is 0 Å². The number of fused-ring (bicyclic) bond motifs is 3. The third-order valence-electron chi connectivity index (χ3n) is 6.81. The Balaban J connectivity index is 1.44. The number of aryl methyl sites for hydroxylation is 2. The molecular weight excluding hydrogens is 350 g/mol. The number of ketones is 1. The molecular formula is C23H32N3O2+. The highest BCUT2D eigenvalue weighted by Gasteiger charge is 2.40. The number of aromatic nitrogens is 1. The van der Waals surface area contributed by atoms with E-state index < -0.39 is 0 Å². The number of rotatable bonds is 7. The van der Waals surface area contributed by atoms with Crippen LogP contribution in [0, 0.1) is 13.8 Å². The van der Waals surface area contributed by atoms with E-state index in [2.05, 4.69) is 41.5 Å². The molecule has 0 aliphatic carbocycles. The van der Waals surface area contributed by atoms with Gasteiger partial charge in [0.1, 0.15) is 12.3 Å². The molecule has 5 rings (SSSR count). The summed E-state index contributed by atoms with van der Waals surface area (Å²) in [7, 11) is 1.69. The highest BCUT2D eigenvalue weighted by Crippen LogP contribution is 2.23. The third-order valence-corrected chi connectivity index (χ3v) is 6.81. The predicted molar refractivity (Wildman–Crippen MR) is 111 cm³/mol. The van der Waals surface area contributed by atoms with E-state index in [1.807, 2.05) is 12.1 Å². The van der Waals surface area contributed by atoms with Gasteiger partial charge in [0.2, 0.25) is 5.78 Å². The number of hydrogen-bond donors (Lipinski definition) is 0. The molecule has 3 fully saturated rings. The van der Waals surface area contributed by atoms with Gasteiger partial charge in [-0.15, -0.1) is 0 Å². The van der Waals surface area contributed by atoms with Crippen molar-refractivity contribution in [2.75, 3.05) is 52.9 Å². The number of carbonyl (C=O) groups excluding carboxylic acids is 1. The highest BCUT2D eigenvalue weighted by atomic mass is 16.5. The van der Waals surface area contributed by atoms with E-state index in [-0.39, 0.29) is 0 Å². The van der Waals surface area contributed by atoms with Crippen LogP contribution in [-0.2, 0) is 13.0 Å². The molecule has 0 spiro atoms. The summed E-state index contributed by atoms with van der Waals surface area (Å²) in [6, 6.07) is 10.3. The average Bonchev–Trinajstić information content (AvgIpc) is 3.01. The fourth-order valence-corrected chi connectivity index (χ4v) is 4.82. The lowest BCUT2D eigenvalue weighted by Gasteiger charge is -2.50. The molecule has 0 amide bonds.